The summed E-state index contributed by atoms with van der Waals surface area (Å²) in [7, 11) is -3.77. The molecule has 7 nitrogen and oxygen atoms in total. The first-order valence-corrected chi connectivity index (χ1v) is 7.65. The van der Waals surface area contributed by atoms with E-state index in [2.05, 4.69) is 0 Å². The normalized spacial score (nSPS) is 11.8. The van der Waals surface area contributed by atoms with Gasteiger partial charge < -0.3 is 9.84 Å². The summed E-state index contributed by atoms with van der Waals surface area (Å²) in [6.45, 7) is 5.19. The fraction of sp³-hybridized carbons (Fsp3) is 0.818. The van der Waals surface area contributed by atoms with Gasteiger partial charge in [-0.3, -0.25) is 9.59 Å². The van der Waals surface area contributed by atoms with Gasteiger partial charge in [-0.25, -0.2) is 8.42 Å². The van der Waals surface area contributed by atoms with Gasteiger partial charge in [0.1, 0.15) is 6.54 Å². The number of nitrogens with zero attached hydrogens (tertiary/aromatic N) is 1. The molecule has 0 atom stereocenters. The molecule has 0 amide bonds. The van der Waals surface area contributed by atoms with Gasteiger partial charge in [-0.2, -0.15) is 4.31 Å². The summed E-state index contributed by atoms with van der Waals surface area (Å²) in [5.41, 5.74) is 0. The largest absolute Gasteiger partial charge is 0.481 e. The Bertz CT molecular complexity index is 403. The number of rotatable bonds is 9. The lowest BCUT2D eigenvalue weighted by atomic mass is 10.2. The maximum absolute atomic E-state index is 12.0. The van der Waals surface area contributed by atoms with Gasteiger partial charge in [0.2, 0.25) is 10.0 Å². The van der Waals surface area contributed by atoms with E-state index in [1.807, 2.05) is 13.8 Å². The Morgan fingerprint density at radius 2 is 1.89 bits per heavy atom. The van der Waals surface area contributed by atoms with Gasteiger partial charge in [0, 0.05) is 6.54 Å². The molecule has 0 spiro atoms. The molecule has 0 bridgehead atoms. The topological polar surface area (TPSA) is 101 Å². The van der Waals surface area contributed by atoms with E-state index >= 15 is 0 Å². The van der Waals surface area contributed by atoms with Crippen molar-refractivity contribution in [1.82, 2.24) is 4.31 Å². The maximum atomic E-state index is 12.0. The SMILES string of the molecule is CCOC(=O)CN(CC(C)C)S(=O)(=O)CCC(=O)O. The zero-order valence-electron chi connectivity index (χ0n) is 11.5. The highest BCUT2D eigenvalue weighted by Crippen LogP contribution is 2.08. The zero-order valence-corrected chi connectivity index (χ0v) is 12.3. The summed E-state index contributed by atoms with van der Waals surface area (Å²) < 4.78 is 29.6. The Kier molecular flexibility index (Phi) is 7.62. The smallest absolute Gasteiger partial charge is 0.321 e. The first kappa shape index (κ1) is 17.8. The highest BCUT2D eigenvalue weighted by molar-refractivity contribution is 7.89. The Labute approximate surface area is 113 Å². The summed E-state index contributed by atoms with van der Waals surface area (Å²) in [4.78, 5) is 21.8. The molecule has 0 aromatic carbocycles. The van der Waals surface area contributed by atoms with Crippen LogP contribution >= 0.6 is 0 Å². The third-order valence-electron chi connectivity index (χ3n) is 2.15. The second-order valence-electron chi connectivity index (χ2n) is 4.45. The van der Waals surface area contributed by atoms with E-state index in [-0.39, 0.29) is 25.6 Å². The van der Waals surface area contributed by atoms with Gasteiger partial charge in [0.25, 0.3) is 0 Å². The van der Waals surface area contributed by atoms with Crippen LogP contribution in [0.1, 0.15) is 27.2 Å². The van der Waals surface area contributed by atoms with Crippen molar-refractivity contribution in [3.8, 4) is 0 Å². The highest BCUT2D eigenvalue weighted by Gasteiger charge is 2.26. The van der Waals surface area contributed by atoms with Crippen LogP contribution in [0.5, 0.6) is 0 Å². The minimum atomic E-state index is -3.77. The van der Waals surface area contributed by atoms with Crippen molar-refractivity contribution >= 4 is 22.0 Å². The van der Waals surface area contributed by atoms with Gasteiger partial charge in [-0.05, 0) is 12.8 Å². The predicted molar refractivity (Wildman–Crippen MR) is 69.1 cm³/mol. The van der Waals surface area contributed by atoms with Crippen LogP contribution < -0.4 is 0 Å². The Balaban J connectivity index is 4.81. The lowest BCUT2D eigenvalue weighted by Crippen LogP contribution is -2.40. The first-order chi connectivity index (χ1) is 8.69. The molecule has 0 fully saturated rings. The minimum absolute atomic E-state index is 0.0222. The molecule has 0 radical (unpaired) electrons. The maximum Gasteiger partial charge on any atom is 0.321 e. The first-order valence-electron chi connectivity index (χ1n) is 6.04. The quantitative estimate of drug-likeness (QED) is 0.614. The van der Waals surface area contributed by atoms with E-state index in [1.54, 1.807) is 6.92 Å². The molecular formula is C11H21NO6S. The molecule has 0 aliphatic rings. The number of ether oxygens (including phenoxy) is 1. The van der Waals surface area contributed by atoms with Gasteiger partial charge in [0.15, 0.2) is 0 Å². The van der Waals surface area contributed by atoms with Crippen molar-refractivity contribution in [3.05, 3.63) is 0 Å². The van der Waals surface area contributed by atoms with Crippen molar-refractivity contribution in [2.75, 3.05) is 25.4 Å². The summed E-state index contributed by atoms with van der Waals surface area (Å²) in [6, 6.07) is 0. The fourth-order valence-corrected chi connectivity index (χ4v) is 2.90. The number of hydrogen-bond acceptors (Lipinski definition) is 5. The van der Waals surface area contributed by atoms with Crippen LogP contribution in [0, 0.1) is 5.92 Å². The van der Waals surface area contributed by atoms with Crippen LogP contribution in [0.15, 0.2) is 0 Å². The molecule has 8 heteroatoms. The molecule has 0 unspecified atom stereocenters. The molecule has 0 aromatic heterocycles. The van der Waals surface area contributed by atoms with Crippen LogP contribution in [0.3, 0.4) is 0 Å². The molecule has 0 aliphatic carbocycles. The average Bonchev–Trinajstić information content (AvgIpc) is 2.25. The summed E-state index contributed by atoms with van der Waals surface area (Å²) >= 11 is 0. The third-order valence-corrected chi connectivity index (χ3v) is 3.93. The molecular weight excluding hydrogens is 274 g/mol. The molecule has 0 aromatic rings. The molecule has 0 saturated heterocycles. The number of esters is 1. The van der Waals surface area contributed by atoms with E-state index in [0.29, 0.717) is 0 Å². The van der Waals surface area contributed by atoms with Crippen molar-refractivity contribution < 1.29 is 27.9 Å². The monoisotopic (exact) mass is 295 g/mol. The summed E-state index contributed by atoms with van der Waals surface area (Å²) in [5, 5.41) is 8.53. The summed E-state index contributed by atoms with van der Waals surface area (Å²) in [5.74, 6) is -2.32. The number of aliphatic carboxylic acids is 1. The van der Waals surface area contributed by atoms with Crippen LogP contribution in [0.4, 0.5) is 0 Å². The van der Waals surface area contributed by atoms with E-state index in [4.69, 9.17) is 9.84 Å². The summed E-state index contributed by atoms with van der Waals surface area (Å²) in [6.07, 6.45) is -0.486. The minimum Gasteiger partial charge on any atom is -0.481 e. The molecule has 0 saturated carbocycles. The van der Waals surface area contributed by atoms with Crippen LogP contribution in [0.2, 0.25) is 0 Å². The van der Waals surface area contributed by atoms with E-state index in [9.17, 15) is 18.0 Å². The molecule has 0 heterocycles. The van der Waals surface area contributed by atoms with Crippen molar-refractivity contribution in [3.63, 3.8) is 0 Å². The second-order valence-corrected chi connectivity index (χ2v) is 6.54. The van der Waals surface area contributed by atoms with Crippen LogP contribution in [0.25, 0.3) is 0 Å². The van der Waals surface area contributed by atoms with Crippen LogP contribution in [-0.2, 0) is 24.3 Å². The third kappa shape index (κ3) is 7.78. The van der Waals surface area contributed by atoms with E-state index in [1.165, 1.54) is 0 Å². The number of sulfonamides is 1. The van der Waals surface area contributed by atoms with Gasteiger partial charge >= 0.3 is 11.9 Å². The van der Waals surface area contributed by atoms with Gasteiger partial charge in [-0.15, -0.1) is 0 Å². The molecule has 1 N–H and O–H groups in total. The number of carbonyl (C=O) groups is 2. The molecule has 112 valence electrons. The lowest BCUT2D eigenvalue weighted by Gasteiger charge is -2.22. The fourth-order valence-electron chi connectivity index (χ4n) is 1.38. The molecule has 0 rings (SSSR count). The van der Waals surface area contributed by atoms with E-state index < -0.39 is 34.1 Å². The predicted octanol–water partition coefficient (Wildman–Crippen LogP) is 0.312. The molecule has 0 aliphatic heterocycles. The number of carbonyl (C=O) groups excluding carboxylic acids is 1. The Morgan fingerprint density at radius 3 is 2.32 bits per heavy atom. The van der Waals surface area contributed by atoms with Crippen molar-refractivity contribution in [2.45, 2.75) is 27.2 Å². The number of hydrogen-bond donors (Lipinski definition) is 1. The van der Waals surface area contributed by atoms with Crippen LogP contribution in [-0.4, -0.2) is 55.2 Å². The standard InChI is InChI=1S/C11H21NO6S/c1-4-18-11(15)8-12(7-9(2)3)19(16,17)6-5-10(13)14/h9H,4-8H2,1-3H3,(H,13,14). The van der Waals surface area contributed by atoms with Crippen molar-refractivity contribution in [2.24, 2.45) is 5.92 Å². The van der Waals surface area contributed by atoms with Crippen molar-refractivity contribution in [1.29, 1.82) is 0 Å². The molecule has 19 heavy (non-hydrogen) atoms. The van der Waals surface area contributed by atoms with E-state index in [0.717, 1.165) is 4.31 Å². The van der Waals surface area contributed by atoms with Gasteiger partial charge in [0.05, 0.1) is 18.8 Å². The number of carboxylic acid groups (broad SMARTS) is 1. The van der Waals surface area contributed by atoms with Gasteiger partial charge in [-0.1, -0.05) is 13.8 Å². The number of carboxylic acids is 1. The average molecular weight is 295 g/mol. The zero-order chi connectivity index (χ0) is 15.1. The Hall–Kier alpha value is -1.15. The lowest BCUT2D eigenvalue weighted by molar-refractivity contribution is -0.143. The Morgan fingerprint density at radius 1 is 1.32 bits per heavy atom. The highest BCUT2D eigenvalue weighted by atomic mass is 32.2. The second kappa shape index (κ2) is 8.11.